The number of aryl methyl sites for hydroxylation is 2. The van der Waals surface area contributed by atoms with Crippen LogP contribution in [0.4, 0.5) is 5.82 Å². The molecule has 3 aromatic rings. The first kappa shape index (κ1) is 21.2. The molecule has 0 radical (unpaired) electrons. The second-order valence-electron chi connectivity index (χ2n) is 7.83. The van der Waals surface area contributed by atoms with Gasteiger partial charge in [0.1, 0.15) is 17.0 Å². The number of benzene rings is 1. The van der Waals surface area contributed by atoms with E-state index in [1.54, 1.807) is 29.8 Å². The normalized spacial score (nSPS) is 14.6. The van der Waals surface area contributed by atoms with Crippen LogP contribution in [0, 0.1) is 19.8 Å². The third kappa shape index (κ3) is 4.39. The average molecular weight is 439 g/mol. The number of hydrogen-bond donors (Lipinski definition) is 1. The Kier molecular flexibility index (Phi) is 6.18. The summed E-state index contributed by atoms with van der Waals surface area (Å²) in [6.07, 6.45) is 3.22. The van der Waals surface area contributed by atoms with E-state index in [1.807, 2.05) is 12.1 Å². The standard InChI is InChI=1S/C23H26N4O3S/c1-14-15(2)31-22-19(14)20(25-13-26-22)27-10-8-17(9-11-27)21(28)24-12-16-4-6-18(7-5-16)23(29)30-3/h4-7,13,17H,8-12H2,1-3H3,(H,24,28). The highest BCUT2D eigenvalue weighted by Crippen LogP contribution is 2.35. The Labute approximate surface area is 185 Å². The largest absolute Gasteiger partial charge is 0.465 e. The minimum atomic E-state index is -0.365. The molecule has 1 N–H and O–H groups in total. The van der Waals surface area contributed by atoms with Gasteiger partial charge in [0, 0.05) is 30.4 Å². The van der Waals surface area contributed by atoms with E-state index in [0.29, 0.717) is 12.1 Å². The smallest absolute Gasteiger partial charge is 0.337 e. The molecule has 0 bridgehead atoms. The highest BCUT2D eigenvalue weighted by atomic mass is 32.1. The maximum Gasteiger partial charge on any atom is 0.337 e. The van der Waals surface area contributed by atoms with E-state index in [1.165, 1.54) is 17.6 Å². The molecular formula is C23H26N4O3S. The molecule has 7 nitrogen and oxygen atoms in total. The number of ether oxygens (including phenoxy) is 1. The molecule has 4 rings (SSSR count). The van der Waals surface area contributed by atoms with Crippen LogP contribution in [0.2, 0.25) is 0 Å². The molecule has 8 heteroatoms. The Bertz CT molecular complexity index is 1100. The van der Waals surface area contributed by atoms with Crippen LogP contribution < -0.4 is 10.2 Å². The van der Waals surface area contributed by atoms with Crippen LogP contribution in [-0.2, 0) is 16.1 Å². The molecule has 1 aliphatic heterocycles. The lowest BCUT2D eigenvalue weighted by atomic mass is 9.95. The predicted molar refractivity (Wildman–Crippen MR) is 121 cm³/mol. The quantitative estimate of drug-likeness (QED) is 0.613. The minimum Gasteiger partial charge on any atom is -0.465 e. The monoisotopic (exact) mass is 438 g/mol. The Morgan fingerprint density at radius 3 is 2.55 bits per heavy atom. The van der Waals surface area contributed by atoms with E-state index >= 15 is 0 Å². The van der Waals surface area contributed by atoms with Crippen LogP contribution in [0.1, 0.15) is 39.2 Å². The summed E-state index contributed by atoms with van der Waals surface area (Å²) in [4.78, 5) is 37.8. The highest BCUT2D eigenvalue weighted by Gasteiger charge is 2.27. The maximum atomic E-state index is 12.7. The molecule has 31 heavy (non-hydrogen) atoms. The Morgan fingerprint density at radius 2 is 1.87 bits per heavy atom. The molecule has 1 aliphatic rings. The summed E-state index contributed by atoms with van der Waals surface area (Å²) in [7, 11) is 1.36. The van der Waals surface area contributed by atoms with Gasteiger partial charge in [-0.2, -0.15) is 0 Å². The Morgan fingerprint density at radius 1 is 1.16 bits per heavy atom. The number of amides is 1. The summed E-state index contributed by atoms with van der Waals surface area (Å²) < 4.78 is 4.71. The summed E-state index contributed by atoms with van der Waals surface area (Å²) in [5.74, 6) is 0.688. The number of hydrogen-bond acceptors (Lipinski definition) is 7. The first-order valence-electron chi connectivity index (χ1n) is 10.4. The third-order valence-electron chi connectivity index (χ3n) is 5.95. The van der Waals surface area contributed by atoms with E-state index in [4.69, 9.17) is 4.74 Å². The number of fused-ring (bicyclic) bond motifs is 1. The average Bonchev–Trinajstić information content (AvgIpc) is 3.11. The van der Waals surface area contributed by atoms with Crippen molar-refractivity contribution in [3.05, 3.63) is 52.2 Å². The van der Waals surface area contributed by atoms with Gasteiger partial charge in [-0.1, -0.05) is 12.1 Å². The van der Waals surface area contributed by atoms with E-state index in [0.717, 1.165) is 47.5 Å². The van der Waals surface area contributed by atoms with Gasteiger partial charge >= 0.3 is 5.97 Å². The van der Waals surface area contributed by atoms with Crippen molar-refractivity contribution >= 4 is 39.2 Å². The van der Waals surface area contributed by atoms with Crippen LogP contribution in [0.3, 0.4) is 0 Å². The topological polar surface area (TPSA) is 84.4 Å². The third-order valence-corrected chi connectivity index (χ3v) is 7.07. The second kappa shape index (κ2) is 9.01. The van der Waals surface area contributed by atoms with Crippen LogP contribution in [0.5, 0.6) is 0 Å². The zero-order chi connectivity index (χ0) is 22.0. The molecule has 3 heterocycles. The second-order valence-corrected chi connectivity index (χ2v) is 9.03. The van der Waals surface area contributed by atoms with E-state index in [2.05, 4.69) is 34.0 Å². The van der Waals surface area contributed by atoms with Crippen molar-refractivity contribution in [2.45, 2.75) is 33.2 Å². The number of piperidine rings is 1. The van der Waals surface area contributed by atoms with Crippen LogP contribution in [-0.4, -0.2) is 42.0 Å². The predicted octanol–water partition coefficient (Wildman–Crippen LogP) is 3.63. The number of thiophene rings is 1. The SMILES string of the molecule is COC(=O)c1ccc(CNC(=O)C2CCN(c3ncnc4sc(C)c(C)c34)CC2)cc1. The number of carbonyl (C=O) groups is 2. The fourth-order valence-corrected chi connectivity index (χ4v) is 4.96. The van der Waals surface area contributed by atoms with Crippen molar-refractivity contribution in [2.75, 3.05) is 25.1 Å². The van der Waals surface area contributed by atoms with E-state index < -0.39 is 0 Å². The summed E-state index contributed by atoms with van der Waals surface area (Å²) in [5, 5.41) is 4.17. The lowest BCUT2D eigenvalue weighted by molar-refractivity contribution is -0.125. The van der Waals surface area contributed by atoms with Gasteiger partial charge in [-0.25, -0.2) is 14.8 Å². The van der Waals surface area contributed by atoms with Crippen molar-refractivity contribution in [3.63, 3.8) is 0 Å². The number of methoxy groups -OCH3 is 1. The molecule has 0 spiro atoms. The Hall–Kier alpha value is -3.00. The molecule has 0 unspecified atom stereocenters. The molecule has 2 aromatic heterocycles. The fourth-order valence-electron chi connectivity index (χ4n) is 3.97. The highest BCUT2D eigenvalue weighted by molar-refractivity contribution is 7.18. The molecular weight excluding hydrogens is 412 g/mol. The summed E-state index contributed by atoms with van der Waals surface area (Å²) in [6.45, 7) is 6.28. The first-order chi connectivity index (χ1) is 15.0. The van der Waals surface area contributed by atoms with Crippen molar-refractivity contribution < 1.29 is 14.3 Å². The number of esters is 1. The van der Waals surface area contributed by atoms with Crippen LogP contribution >= 0.6 is 11.3 Å². The molecule has 0 atom stereocenters. The zero-order valence-corrected chi connectivity index (χ0v) is 18.8. The number of nitrogens with zero attached hydrogens (tertiary/aromatic N) is 3. The Balaban J connectivity index is 1.34. The van der Waals surface area contributed by atoms with E-state index in [-0.39, 0.29) is 17.8 Å². The number of nitrogens with one attached hydrogen (secondary N) is 1. The molecule has 0 aliphatic carbocycles. The van der Waals surface area contributed by atoms with Gasteiger partial charge in [0.15, 0.2) is 0 Å². The first-order valence-corrected chi connectivity index (χ1v) is 11.2. The lowest BCUT2D eigenvalue weighted by Crippen LogP contribution is -2.40. The van der Waals surface area contributed by atoms with Crippen LogP contribution in [0.15, 0.2) is 30.6 Å². The van der Waals surface area contributed by atoms with E-state index in [9.17, 15) is 9.59 Å². The van der Waals surface area contributed by atoms with Gasteiger partial charge in [-0.3, -0.25) is 4.79 Å². The molecule has 162 valence electrons. The molecule has 1 fully saturated rings. The van der Waals surface area contributed by atoms with Crippen molar-refractivity contribution in [3.8, 4) is 0 Å². The zero-order valence-electron chi connectivity index (χ0n) is 18.0. The number of anilines is 1. The molecule has 1 saturated heterocycles. The minimum absolute atomic E-state index is 0.00627. The molecule has 1 amide bonds. The maximum absolute atomic E-state index is 12.7. The number of carbonyl (C=O) groups excluding carboxylic acids is 2. The van der Waals surface area contributed by atoms with Crippen molar-refractivity contribution in [1.29, 1.82) is 0 Å². The van der Waals surface area contributed by atoms with Crippen LogP contribution in [0.25, 0.3) is 10.2 Å². The summed E-state index contributed by atoms with van der Waals surface area (Å²) >= 11 is 1.70. The van der Waals surface area contributed by atoms with Gasteiger partial charge < -0.3 is 15.0 Å². The van der Waals surface area contributed by atoms with Crippen molar-refractivity contribution in [2.24, 2.45) is 5.92 Å². The molecule has 0 saturated carbocycles. The lowest BCUT2D eigenvalue weighted by Gasteiger charge is -2.32. The summed E-state index contributed by atoms with van der Waals surface area (Å²) in [6, 6.07) is 7.09. The number of rotatable bonds is 5. The molecule has 1 aromatic carbocycles. The van der Waals surface area contributed by atoms with Gasteiger partial charge in [0.05, 0.1) is 18.1 Å². The van der Waals surface area contributed by atoms with Gasteiger partial charge in [0.2, 0.25) is 5.91 Å². The van der Waals surface area contributed by atoms with Gasteiger partial charge in [-0.15, -0.1) is 11.3 Å². The summed E-state index contributed by atoms with van der Waals surface area (Å²) in [5.41, 5.74) is 2.69. The van der Waals surface area contributed by atoms with Gasteiger partial charge in [-0.05, 0) is 49.9 Å². The fraction of sp³-hybridized carbons (Fsp3) is 0.391. The van der Waals surface area contributed by atoms with Gasteiger partial charge in [0.25, 0.3) is 0 Å². The van der Waals surface area contributed by atoms with Crippen molar-refractivity contribution in [1.82, 2.24) is 15.3 Å². The number of aromatic nitrogens is 2.